The van der Waals surface area contributed by atoms with Gasteiger partial charge in [-0.2, -0.15) is 0 Å². The maximum absolute atomic E-state index is 13.2. The molecule has 4 rings (SSSR count). The van der Waals surface area contributed by atoms with E-state index in [2.05, 4.69) is 24.0 Å². The molecule has 0 saturated heterocycles. The molecule has 2 aromatic carbocycles. The van der Waals surface area contributed by atoms with Crippen LogP contribution in [-0.4, -0.2) is 8.97 Å². The summed E-state index contributed by atoms with van der Waals surface area (Å²) >= 11 is 0. The van der Waals surface area contributed by atoms with E-state index in [0.717, 1.165) is 33.5 Å². The van der Waals surface area contributed by atoms with Gasteiger partial charge in [-0.15, -0.1) is 0 Å². The van der Waals surface area contributed by atoms with Gasteiger partial charge >= 0.3 is 0 Å². The topological polar surface area (TPSA) is 26.4 Å². The van der Waals surface area contributed by atoms with Crippen molar-refractivity contribution in [3.8, 4) is 5.69 Å². The van der Waals surface area contributed by atoms with Crippen LogP contribution in [0.4, 0.5) is 0 Å². The van der Waals surface area contributed by atoms with Gasteiger partial charge in [-0.25, -0.2) is 0 Å². The van der Waals surface area contributed by atoms with Crippen molar-refractivity contribution < 1.29 is 0 Å². The molecule has 0 saturated carbocycles. The fraction of sp³-hybridized carbons (Fsp3) is 0.0952. The van der Waals surface area contributed by atoms with Crippen molar-refractivity contribution in [1.29, 1.82) is 0 Å². The van der Waals surface area contributed by atoms with Crippen LogP contribution in [0.2, 0.25) is 0 Å². The first kappa shape index (κ1) is 14.5. The number of aryl methyl sites for hydroxylation is 2. The van der Waals surface area contributed by atoms with Crippen LogP contribution in [0.5, 0.6) is 0 Å². The number of aromatic nitrogens is 2. The summed E-state index contributed by atoms with van der Waals surface area (Å²) < 4.78 is 3.85. The van der Waals surface area contributed by atoms with Crippen LogP contribution in [0.3, 0.4) is 0 Å². The van der Waals surface area contributed by atoms with Gasteiger partial charge in [0.1, 0.15) is 5.52 Å². The van der Waals surface area contributed by atoms with Gasteiger partial charge in [-0.05, 0) is 49.2 Å². The fourth-order valence-electron chi connectivity index (χ4n) is 3.45. The van der Waals surface area contributed by atoms with E-state index in [9.17, 15) is 4.79 Å². The van der Waals surface area contributed by atoms with E-state index < -0.39 is 0 Å². The van der Waals surface area contributed by atoms with E-state index in [-0.39, 0.29) is 5.56 Å². The van der Waals surface area contributed by atoms with Crippen LogP contribution in [0, 0.1) is 13.8 Å². The molecule has 0 amide bonds. The van der Waals surface area contributed by atoms with E-state index in [1.807, 2.05) is 55.5 Å². The van der Waals surface area contributed by atoms with Gasteiger partial charge in [-0.1, -0.05) is 43.0 Å². The highest BCUT2D eigenvalue weighted by Crippen LogP contribution is 2.25. The van der Waals surface area contributed by atoms with E-state index in [4.69, 9.17) is 0 Å². The highest BCUT2D eigenvalue weighted by atomic mass is 16.1. The monoisotopic (exact) mass is 314 g/mol. The number of rotatable bonds is 2. The van der Waals surface area contributed by atoms with E-state index in [1.165, 1.54) is 0 Å². The van der Waals surface area contributed by atoms with Crippen molar-refractivity contribution in [3.05, 3.63) is 88.4 Å². The van der Waals surface area contributed by atoms with Crippen LogP contribution in [0.15, 0.2) is 66.0 Å². The molecule has 2 aromatic heterocycles. The Balaban J connectivity index is 2.33. The minimum absolute atomic E-state index is 0.0181. The zero-order chi connectivity index (χ0) is 16.8. The normalized spacial score (nSPS) is 11.2. The molecule has 24 heavy (non-hydrogen) atoms. The smallest absolute Gasteiger partial charge is 0.279 e. The van der Waals surface area contributed by atoms with Gasteiger partial charge in [0.2, 0.25) is 0 Å². The lowest BCUT2D eigenvalue weighted by Gasteiger charge is -2.15. The highest BCUT2D eigenvalue weighted by Gasteiger charge is 2.16. The van der Waals surface area contributed by atoms with Crippen LogP contribution < -0.4 is 5.56 Å². The van der Waals surface area contributed by atoms with Crippen molar-refractivity contribution in [3.63, 3.8) is 0 Å². The SMILES string of the molecule is C=Cc1cc2c(=O)n(-c3ccccc3)c3cccc(C)c3n2c1C. The van der Waals surface area contributed by atoms with Gasteiger partial charge in [-0.3, -0.25) is 9.36 Å². The molecule has 0 aliphatic carbocycles. The summed E-state index contributed by atoms with van der Waals surface area (Å²) in [6, 6.07) is 17.8. The first-order valence-corrected chi connectivity index (χ1v) is 7.97. The fourth-order valence-corrected chi connectivity index (χ4v) is 3.45. The molecule has 0 unspecified atom stereocenters. The molecular weight excluding hydrogens is 296 g/mol. The Morgan fingerprint density at radius 2 is 1.71 bits per heavy atom. The van der Waals surface area contributed by atoms with Gasteiger partial charge in [0, 0.05) is 11.4 Å². The summed E-state index contributed by atoms with van der Waals surface area (Å²) in [7, 11) is 0. The molecule has 0 aliphatic rings. The average molecular weight is 314 g/mol. The number of hydrogen-bond acceptors (Lipinski definition) is 1. The molecule has 3 heteroatoms. The summed E-state index contributed by atoms with van der Waals surface area (Å²) in [6.45, 7) is 7.99. The Labute approximate surface area is 140 Å². The maximum Gasteiger partial charge on any atom is 0.279 e. The van der Waals surface area contributed by atoms with Gasteiger partial charge in [0.15, 0.2) is 0 Å². The minimum Gasteiger partial charge on any atom is -0.307 e. The predicted molar refractivity (Wildman–Crippen MR) is 100 cm³/mol. The molecule has 3 nitrogen and oxygen atoms in total. The number of nitrogens with zero attached hydrogens (tertiary/aromatic N) is 2. The summed E-state index contributed by atoms with van der Waals surface area (Å²) in [4.78, 5) is 13.2. The molecular formula is C21H18N2O. The van der Waals surface area contributed by atoms with Crippen LogP contribution in [0.1, 0.15) is 16.8 Å². The molecule has 0 bridgehead atoms. The Morgan fingerprint density at radius 3 is 2.42 bits per heavy atom. The van der Waals surface area contributed by atoms with Crippen molar-refractivity contribution >= 4 is 22.6 Å². The third-order valence-electron chi connectivity index (χ3n) is 4.62. The van der Waals surface area contributed by atoms with Gasteiger partial charge < -0.3 is 4.40 Å². The standard InChI is InChI=1S/C21H18N2O/c1-4-16-13-19-21(24)23(17-10-6-5-7-11-17)18-12-8-9-14(2)20(18)22(19)15(16)3/h4-13H,1H2,2-3H3. The lowest BCUT2D eigenvalue weighted by Crippen LogP contribution is -2.21. The maximum atomic E-state index is 13.2. The second-order valence-electron chi connectivity index (χ2n) is 6.03. The van der Waals surface area contributed by atoms with Crippen molar-refractivity contribution in [1.82, 2.24) is 8.97 Å². The van der Waals surface area contributed by atoms with Crippen LogP contribution in [0.25, 0.3) is 28.3 Å². The largest absolute Gasteiger partial charge is 0.307 e. The Hall–Kier alpha value is -3.07. The van der Waals surface area contributed by atoms with Crippen molar-refractivity contribution in [2.24, 2.45) is 0 Å². The number of benzene rings is 2. The summed E-state index contributed by atoms with van der Waals surface area (Å²) in [6.07, 6.45) is 1.80. The summed E-state index contributed by atoms with van der Waals surface area (Å²) in [5.41, 5.74) is 6.66. The molecule has 118 valence electrons. The van der Waals surface area contributed by atoms with Crippen LogP contribution >= 0.6 is 0 Å². The quantitative estimate of drug-likeness (QED) is 0.535. The molecule has 0 fully saturated rings. The number of fused-ring (bicyclic) bond motifs is 3. The second-order valence-corrected chi connectivity index (χ2v) is 6.03. The predicted octanol–water partition coefficient (Wildman–Crippen LogP) is 4.50. The van der Waals surface area contributed by atoms with Gasteiger partial charge in [0.25, 0.3) is 5.56 Å². The highest BCUT2D eigenvalue weighted by molar-refractivity contribution is 5.85. The minimum atomic E-state index is -0.0181. The molecule has 0 spiro atoms. The third kappa shape index (κ3) is 1.88. The molecule has 0 radical (unpaired) electrons. The molecule has 0 N–H and O–H groups in total. The molecule has 0 aliphatic heterocycles. The summed E-state index contributed by atoms with van der Waals surface area (Å²) in [5, 5.41) is 0. The number of para-hydroxylation sites is 2. The van der Waals surface area contributed by atoms with Crippen molar-refractivity contribution in [2.45, 2.75) is 13.8 Å². The van der Waals surface area contributed by atoms with E-state index in [0.29, 0.717) is 5.52 Å². The molecule has 4 aromatic rings. The van der Waals surface area contributed by atoms with Gasteiger partial charge in [0.05, 0.1) is 11.0 Å². The summed E-state index contributed by atoms with van der Waals surface area (Å²) in [5.74, 6) is 0. The lowest BCUT2D eigenvalue weighted by molar-refractivity contribution is 1.01. The zero-order valence-corrected chi connectivity index (χ0v) is 13.8. The van der Waals surface area contributed by atoms with Crippen LogP contribution in [-0.2, 0) is 0 Å². The van der Waals surface area contributed by atoms with E-state index in [1.54, 1.807) is 10.6 Å². The first-order valence-electron chi connectivity index (χ1n) is 7.97. The number of hydrogen-bond donors (Lipinski definition) is 0. The average Bonchev–Trinajstić information content (AvgIpc) is 2.93. The third-order valence-corrected chi connectivity index (χ3v) is 4.62. The molecule has 2 heterocycles. The van der Waals surface area contributed by atoms with Crippen molar-refractivity contribution in [2.75, 3.05) is 0 Å². The molecule has 0 atom stereocenters. The Morgan fingerprint density at radius 1 is 0.958 bits per heavy atom. The second kappa shape index (κ2) is 5.24. The Kier molecular flexibility index (Phi) is 3.17. The van der Waals surface area contributed by atoms with E-state index >= 15 is 0 Å². The Bertz CT molecular complexity index is 1150. The first-order chi connectivity index (χ1) is 11.6. The lowest BCUT2D eigenvalue weighted by atomic mass is 10.1. The zero-order valence-electron chi connectivity index (χ0n) is 13.8.